The van der Waals surface area contributed by atoms with Crippen LogP contribution in [-0.4, -0.2) is 20.5 Å². The van der Waals surface area contributed by atoms with E-state index >= 15 is 0 Å². The lowest BCUT2D eigenvalue weighted by Crippen LogP contribution is -2.32. The lowest BCUT2D eigenvalue weighted by Gasteiger charge is -2.13. The fraction of sp³-hybridized carbons (Fsp3) is 0.167. The average molecular weight is 357 g/mol. The summed E-state index contributed by atoms with van der Waals surface area (Å²) in [5.74, 6) is 0.760. The third-order valence-electron chi connectivity index (χ3n) is 4.01. The summed E-state index contributed by atoms with van der Waals surface area (Å²) in [6, 6.07) is 15.0. The van der Waals surface area contributed by atoms with Gasteiger partial charge in [-0.3, -0.25) is 4.98 Å². The maximum Gasteiger partial charge on any atom is 0.274 e. The quantitative estimate of drug-likeness (QED) is 0.734. The van der Waals surface area contributed by atoms with Crippen LogP contribution >= 0.6 is 0 Å². The number of methoxy groups -OCH3 is 1. The van der Waals surface area contributed by atoms with Crippen LogP contribution < -0.4 is 14.6 Å². The zero-order chi connectivity index (χ0) is 18.0. The average Bonchev–Trinajstić information content (AvgIpc) is 2.59. The first-order valence-corrected chi connectivity index (χ1v) is 9.25. The van der Waals surface area contributed by atoms with Crippen LogP contribution in [0.25, 0.3) is 22.0 Å². The molecular weight excluding hydrogens is 338 g/mol. The van der Waals surface area contributed by atoms with E-state index in [0.29, 0.717) is 0 Å². The Morgan fingerprint density at radius 3 is 2.48 bits per heavy atom. The van der Waals surface area contributed by atoms with E-state index in [1.54, 1.807) is 20.2 Å². The molecule has 130 valence electrons. The molecule has 7 heteroatoms. The number of hydrogen-bond acceptors (Lipinski definition) is 4. The Hall–Kier alpha value is -2.48. The molecule has 0 amide bonds. The molecule has 0 bridgehead atoms. The molecule has 3 rings (SSSR count). The SMILES string of the molecule is COc1ccc2c(-c3ccc(C(C)NS(N)(=O)=O)cc3)ccnc2c1. The first-order chi connectivity index (χ1) is 11.9. The van der Waals surface area contributed by atoms with Crippen molar-refractivity contribution in [2.45, 2.75) is 13.0 Å². The highest BCUT2D eigenvalue weighted by molar-refractivity contribution is 7.87. The van der Waals surface area contributed by atoms with Crippen LogP contribution in [0.4, 0.5) is 0 Å². The lowest BCUT2D eigenvalue weighted by atomic mass is 9.99. The van der Waals surface area contributed by atoms with Gasteiger partial charge in [0, 0.05) is 23.7 Å². The monoisotopic (exact) mass is 357 g/mol. The van der Waals surface area contributed by atoms with E-state index in [1.807, 2.05) is 48.5 Å². The van der Waals surface area contributed by atoms with E-state index in [9.17, 15) is 8.42 Å². The summed E-state index contributed by atoms with van der Waals surface area (Å²) in [6.45, 7) is 1.74. The Labute approximate surface area is 146 Å². The van der Waals surface area contributed by atoms with Crippen LogP contribution in [0.2, 0.25) is 0 Å². The largest absolute Gasteiger partial charge is 0.497 e. The van der Waals surface area contributed by atoms with E-state index in [-0.39, 0.29) is 0 Å². The third-order valence-corrected chi connectivity index (χ3v) is 4.69. The second-order valence-electron chi connectivity index (χ2n) is 5.75. The lowest BCUT2D eigenvalue weighted by molar-refractivity contribution is 0.415. The van der Waals surface area contributed by atoms with Gasteiger partial charge in [-0.05, 0) is 41.8 Å². The molecule has 25 heavy (non-hydrogen) atoms. The number of fused-ring (bicyclic) bond motifs is 1. The van der Waals surface area contributed by atoms with Gasteiger partial charge in [-0.2, -0.15) is 13.1 Å². The number of nitrogens with one attached hydrogen (secondary N) is 1. The second-order valence-corrected chi connectivity index (χ2v) is 7.07. The van der Waals surface area contributed by atoms with Crippen LogP contribution in [0.3, 0.4) is 0 Å². The predicted molar refractivity (Wildman–Crippen MR) is 98.4 cm³/mol. The van der Waals surface area contributed by atoms with E-state index < -0.39 is 16.3 Å². The fourth-order valence-corrected chi connectivity index (χ4v) is 3.40. The van der Waals surface area contributed by atoms with E-state index in [0.717, 1.165) is 33.3 Å². The summed E-state index contributed by atoms with van der Waals surface area (Å²) in [5, 5.41) is 6.04. The number of benzene rings is 2. The molecule has 0 aliphatic rings. The summed E-state index contributed by atoms with van der Waals surface area (Å²) >= 11 is 0. The number of rotatable bonds is 5. The summed E-state index contributed by atoms with van der Waals surface area (Å²) in [5.41, 5.74) is 3.75. The van der Waals surface area contributed by atoms with Crippen LogP contribution in [0, 0.1) is 0 Å². The van der Waals surface area contributed by atoms with Gasteiger partial charge in [-0.1, -0.05) is 24.3 Å². The molecule has 3 aromatic rings. The van der Waals surface area contributed by atoms with Crippen LogP contribution in [-0.2, 0) is 10.2 Å². The summed E-state index contributed by atoms with van der Waals surface area (Å²) in [7, 11) is -2.11. The molecule has 0 aliphatic heterocycles. The van der Waals surface area contributed by atoms with Crippen molar-refractivity contribution in [2.75, 3.05) is 7.11 Å². The Morgan fingerprint density at radius 1 is 1.12 bits per heavy atom. The van der Waals surface area contributed by atoms with Crippen molar-refractivity contribution in [1.29, 1.82) is 0 Å². The minimum Gasteiger partial charge on any atom is -0.497 e. The van der Waals surface area contributed by atoms with Gasteiger partial charge in [0.25, 0.3) is 10.2 Å². The van der Waals surface area contributed by atoms with Gasteiger partial charge in [-0.15, -0.1) is 0 Å². The highest BCUT2D eigenvalue weighted by Gasteiger charge is 2.12. The van der Waals surface area contributed by atoms with E-state index in [1.165, 1.54) is 0 Å². The molecule has 1 atom stereocenters. The van der Waals surface area contributed by atoms with Gasteiger partial charge in [0.2, 0.25) is 0 Å². The third kappa shape index (κ3) is 3.96. The zero-order valence-corrected chi connectivity index (χ0v) is 14.7. The Balaban J connectivity index is 1.96. The molecule has 3 N–H and O–H groups in total. The first-order valence-electron chi connectivity index (χ1n) is 7.70. The Kier molecular flexibility index (Phi) is 4.71. The predicted octanol–water partition coefficient (Wildman–Crippen LogP) is 2.76. The van der Waals surface area contributed by atoms with Crippen molar-refractivity contribution in [1.82, 2.24) is 9.71 Å². The van der Waals surface area contributed by atoms with Gasteiger partial charge in [0.05, 0.1) is 12.6 Å². The maximum atomic E-state index is 11.2. The van der Waals surface area contributed by atoms with Crippen molar-refractivity contribution in [3.05, 3.63) is 60.3 Å². The van der Waals surface area contributed by atoms with Crippen molar-refractivity contribution in [3.8, 4) is 16.9 Å². The molecule has 1 heterocycles. The molecule has 6 nitrogen and oxygen atoms in total. The Morgan fingerprint density at radius 2 is 1.84 bits per heavy atom. The number of hydrogen-bond donors (Lipinski definition) is 2. The number of nitrogens with two attached hydrogens (primary N) is 1. The summed E-state index contributed by atoms with van der Waals surface area (Å²) in [4.78, 5) is 4.39. The van der Waals surface area contributed by atoms with Crippen LogP contribution in [0.5, 0.6) is 5.75 Å². The van der Waals surface area contributed by atoms with Crippen LogP contribution in [0.15, 0.2) is 54.7 Å². The maximum absolute atomic E-state index is 11.2. The first kappa shape index (κ1) is 17.3. The molecule has 0 radical (unpaired) electrons. The molecule has 0 aliphatic carbocycles. The summed E-state index contributed by atoms with van der Waals surface area (Å²) < 4.78 is 29.9. The van der Waals surface area contributed by atoms with Gasteiger partial charge in [0.15, 0.2) is 0 Å². The molecule has 0 spiro atoms. The van der Waals surface area contributed by atoms with Crippen molar-refractivity contribution in [3.63, 3.8) is 0 Å². The van der Waals surface area contributed by atoms with Crippen molar-refractivity contribution >= 4 is 21.1 Å². The molecule has 1 unspecified atom stereocenters. The standard InChI is InChI=1S/C18H19N3O3S/c1-12(21-25(19,22)23)13-3-5-14(6-4-13)16-9-10-20-18-11-15(24-2)7-8-17(16)18/h3-12,21H,1-2H3,(H2,19,22,23). The van der Waals surface area contributed by atoms with Gasteiger partial charge >= 0.3 is 0 Å². The molecule has 0 saturated heterocycles. The highest BCUT2D eigenvalue weighted by Crippen LogP contribution is 2.30. The number of ether oxygens (including phenoxy) is 1. The fourth-order valence-electron chi connectivity index (χ4n) is 2.77. The number of nitrogens with zero attached hydrogens (tertiary/aromatic N) is 1. The highest BCUT2D eigenvalue weighted by atomic mass is 32.2. The molecular formula is C18H19N3O3S. The van der Waals surface area contributed by atoms with Crippen molar-refractivity contribution in [2.24, 2.45) is 5.14 Å². The van der Waals surface area contributed by atoms with Crippen LogP contribution in [0.1, 0.15) is 18.5 Å². The molecule has 0 saturated carbocycles. The Bertz CT molecular complexity index is 1000. The van der Waals surface area contributed by atoms with Gasteiger partial charge in [-0.25, -0.2) is 5.14 Å². The normalized spacial score (nSPS) is 12.9. The van der Waals surface area contributed by atoms with Crippen molar-refractivity contribution < 1.29 is 13.2 Å². The minimum absolute atomic E-state index is 0.400. The second kappa shape index (κ2) is 6.79. The molecule has 1 aromatic heterocycles. The minimum atomic E-state index is -3.74. The van der Waals surface area contributed by atoms with Gasteiger partial charge < -0.3 is 4.74 Å². The van der Waals surface area contributed by atoms with E-state index in [2.05, 4.69) is 9.71 Å². The van der Waals surface area contributed by atoms with E-state index in [4.69, 9.17) is 9.88 Å². The number of aromatic nitrogens is 1. The zero-order valence-electron chi connectivity index (χ0n) is 13.9. The molecule has 0 fully saturated rings. The number of pyridine rings is 1. The van der Waals surface area contributed by atoms with Gasteiger partial charge in [0.1, 0.15) is 5.75 Å². The topological polar surface area (TPSA) is 94.3 Å². The summed E-state index contributed by atoms with van der Waals surface area (Å²) in [6.07, 6.45) is 1.76. The smallest absolute Gasteiger partial charge is 0.274 e. The molecule has 2 aromatic carbocycles.